The van der Waals surface area contributed by atoms with Crippen LogP contribution in [0.15, 0.2) is 0 Å². The van der Waals surface area contributed by atoms with Crippen LogP contribution in [0.4, 0.5) is 0 Å². The SMILES string of the molecule is C1C2C3CC4C5C6C7C8C9C%10C%11C%12C%13C%14C%15C%16C%17C%18C%19C%20C%21C%22C%23C%24C%25CC%26C%27CC%28C%29C%30C%31C%32C%33C%34C%35C%36C%37C%38C%39C%40C%41C%42C%43C%44C%45C%46C%47C%48C1C21C34C52C%481C%471C62C72C%461C%451C82C92C%441C%431C%102C%112C%421C%411C%122C%132C%401C%391C%383C%374C%365C%356C%347C%338C%329C%31%10C%30%11C%29%12C%27%28C%26%25C%24%12C%23%11C%22%10C%219C%208C%197C%186C%175C%164C%153C%1421. The van der Waals surface area contributed by atoms with Crippen molar-refractivity contribution in [2.45, 2.75) is 25.7 Å². The molecule has 69 aliphatic rings. The summed E-state index contributed by atoms with van der Waals surface area (Å²) in [4.78, 5) is 0. The van der Waals surface area contributed by atoms with Crippen molar-refractivity contribution in [3.63, 3.8) is 0 Å². The highest BCUT2D eigenvalue weighted by atomic mass is 15.7. The van der Waals surface area contributed by atoms with Gasteiger partial charge in [-0.05, 0) is 548 Å². The van der Waals surface area contributed by atoms with Crippen molar-refractivity contribution in [1.29, 1.82) is 0 Å². The Morgan fingerprint density at radius 2 is 0.167 bits per heavy atom. The van der Waals surface area contributed by atoms with Crippen LogP contribution >= 0.6 is 0 Å². The van der Waals surface area contributed by atoms with E-state index in [9.17, 15) is 0 Å². The van der Waals surface area contributed by atoms with Crippen molar-refractivity contribution >= 4 is 0 Å². The van der Waals surface area contributed by atoms with Crippen LogP contribution in [0.2, 0.25) is 0 Å². The molecule has 0 heterocycles. The van der Waals surface area contributed by atoms with E-state index in [2.05, 4.69) is 0 Å². The number of rotatable bonds is 0. The van der Waals surface area contributed by atoms with Gasteiger partial charge in [-0.2, -0.15) is 0 Å². The second-order valence-electron chi connectivity index (χ2n) is 62.6. The maximum atomic E-state index is 1.84. The Hall–Kier alpha value is 0. The molecule has 0 aromatic heterocycles. The molecule has 440 valence electrons. The average molecular weight is 1210 g/mol. The molecule has 96 heavy (non-hydrogen) atoms. The van der Waals surface area contributed by atoms with E-state index in [-0.39, 0.29) is 0 Å². The molecule has 69 aliphatic carbocycles. The lowest BCUT2D eigenvalue weighted by atomic mass is 8.41. The summed E-state index contributed by atoms with van der Waals surface area (Å²) in [7, 11) is 0. The average Bonchev–Trinajstić information content (AvgIpc) is 0.439. The standard InChI is InChI=1S/C96H56/c1-5-6-2-10-14-18-22-26-30-34-38-42-46-51-52-48-44-40-36-32-28-24-20-16-12-4-8-7-3-11-15-19-23-27-31-35-39-43-47-50-49-45-41-37-33-29-25-21-17-13-9(1)53(5)54(6,10)58(14)57(13,53)61(17)62(18,58)66(22)65(21,61)69(25)70(26,66)74(30)73(29,69)77(33)78(34,74)82(38)81(37,77)85(41)86(42,82)90(46)89(45,85)93(49)94(50)91(47)87(43)83(39)79(35)75(31)71(27)67(23)63(19)59(15)55(7,11)56(8,12)60(16,59)64(20,63)68(24,67)72(28,71)76(32,75)80(36,79)84(40,83)88(44,87)92(48,91)96(52,94)95(51,90)93/h5-52H,1-4H2. The maximum Gasteiger partial charge on any atom is -0.00502 e. The fourth-order valence-electron chi connectivity index (χ4n) is 107. The van der Waals surface area contributed by atoms with Crippen LogP contribution < -0.4 is 0 Å². The lowest BCUT2D eigenvalue weighted by Crippen LogP contribution is -3.60. The van der Waals surface area contributed by atoms with E-state index in [1.807, 2.05) is 25.7 Å². The van der Waals surface area contributed by atoms with Gasteiger partial charge in [-0.1, -0.05) is 0 Å². The molecular formula is C96H56. The number of hydrogen-bond donors (Lipinski definition) is 0. The molecule has 0 aromatic rings. The highest BCUT2D eigenvalue weighted by molar-refractivity contribution is 6.19. The molecular weight excluding hydrogens is 1150 g/mol. The van der Waals surface area contributed by atoms with Crippen molar-refractivity contribution < 1.29 is 0 Å². The van der Waals surface area contributed by atoms with Gasteiger partial charge in [0.2, 0.25) is 0 Å². The first kappa shape index (κ1) is 32.2. The lowest BCUT2D eigenvalue weighted by Gasteiger charge is -3.61. The first-order chi connectivity index (χ1) is 47.8. The van der Waals surface area contributed by atoms with Crippen LogP contribution in [0.5, 0.6) is 0 Å². The number of hydrogen-bond acceptors (Lipinski definition) is 0. The highest BCUT2D eigenvalue weighted by Crippen LogP contribution is 3.68. The van der Waals surface area contributed by atoms with E-state index >= 15 is 0 Å². The summed E-state index contributed by atoms with van der Waals surface area (Å²) < 4.78 is 0. The summed E-state index contributed by atoms with van der Waals surface area (Å²) in [6, 6.07) is 0. The minimum atomic E-state index is 1.10. The Morgan fingerprint density at radius 1 is 0.0833 bits per heavy atom. The molecule has 88 unspecified atom stereocenters. The first-order valence-electron chi connectivity index (χ1n) is 47.8. The van der Waals surface area contributed by atoms with E-state index in [0.717, 1.165) is 238 Å². The van der Waals surface area contributed by atoms with Gasteiger partial charge in [-0.25, -0.2) is 0 Å². The van der Waals surface area contributed by atoms with Crippen LogP contribution in [0.25, 0.3) is 0 Å². The fourth-order valence-corrected chi connectivity index (χ4v) is 107. The highest BCUT2D eigenvalue weighted by Gasteiger charge is 3.67. The Morgan fingerprint density at radius 3 is 0.271 bits per heavy atom. The molecule has 69 fully saturated rings. The molecule has 0 bridgehead atoms. The summed E-state index contributed by atoms with van der Waals surface area (Å²) in [6.45, 7) is 0. The molecule has 88 atom stereocenters. The molecule has 0 saturated heterocycles. The zero-order valence-corrected chi connectivity index (χ0v) is 52.5. The van der Waals surface area contributed by atoms with Crippen molar-refractivity contribution in [3.05, 3.63) is 10.8 Å². The Labute approximate surface area is 544 Å². The maximum absolute atomic E-state index is 1.84. The van der Waals surface area contributed by atoms with Crippen molar-refractivity contribution in [3.8, 4) is 0 Å². The van der Waals surface area contributed by atoms with Crippen LogP contribution in [0.1, 0.15) is 25.7 Å². The summed E-state index contributed by atoms with van der Waals surface area (Å²) in [5.74, 6) is 68.3. The van der Waals surface area contributed by atoms with E-state index in [1.54, 1.807) is 0 Å². The Bertz CT molecular complexity index is 6320. The molecule has 0 N–H and O–H groups in total. The van der Waals surface area contributed by atoms with E-state index < -0.39 is 0 Å². The topological polar surface area (TPSA) is 0 Å². The monoisotopic (exact) mass is 1210 g/mol. The van der Waals surface area contributed by atoms with Crippen molar-refractivity contribution in [2.24, 2.45) is 511 Å². The fraction of sp³-hybridized carbons (Fsp3) is 1.00. The Kier molecular flexibility index (Phi) is 1.66. The Balaban J connectivity index is 0.454. The van der Waals surface area contributed by atoms with Crippen molar-refractivity contribution in [1.82, 2.24) is 0 Å². The van der Waals surface area contributed by atoms with E-state index in [4.69, 9.17) is 0 Å². The summed E-state index contributed by atoms with van der Waals surface area (Å²) in [5.41, 5.74) is 49.3. The van der Waals surface area contributed by atoms with Crippen LogP contribution in [-0.2, 0) is 0 Å². The van der Waals surface area contributed by atoms with Gasteiger partial charge in [0.1, 0.15) is 0 Å². The molecule has 0 radical (unpaired) electrons. The molecule has 69 rings (SSSR count). The number of fused-ring (bicyclic) bond motifs is 44. The molecule has 0 amide bonds. The van der Waals surface area contributed by atoms with Gasteiger partial charge < -0.3 is 0 Å². The summed E-state index contributed by atoms with van der Waals surface area (Å²) in [6.07, 6.45) is 7.37. The van der Waals surface area contributed by atoms with Gasteiger partial charge in [0.05, 0.1) is 0 Å². The zero-order chi connectivity index (χ0) is 52.5. The predicted molar refractivity (Wildman–Crippen MR) is 295 cm³/mol. The lowest BCUT2D eigenvalue weighted by molar-refractivity contribution is -1.14. The smallest absolute Gasteiger partial charge is 0.00502 e. The van der Waals surface area contributed by atoms with Gasteiger partial charge in [-0.15, -0.1) is 0 Å². The third-order valence-electron chi connectivity index (χ3n) is 84.2. The van der Waals surface area contributed by atoms with Crippen molar-refractivity contribution in [2.75, 3.05) is 0 Å². The minimum Gasteiger partial charge on any atom is -0.0458 e. The summed E-state index contributed by atoms with van der Waals surface area (Å²) in [5, 5.41) is 0. The second-order valence-corrected chi connectivity index (χ2v) is 62.6. The van der Waals surface area contributed by atoms with Crippen LogP contribution in [-0.4, -0.2) is 0 Å². The predicted octanol–water partition coefficient (Wildman–Crippen LogP) is 7.63. The van der Waals surface area contributed by atoms with Gasteiger partial charge >= 0.3 is 0 Å². The van der Waals surface area contributed by atoms with Gasteiger partial charge in [-0.3, -0.25) is 0 Å². The normalized spacial score (nSPS) is 143. The van der Waals surface area contributed by atoms with Gasteiger partial charge in [0, 0.05) is 0 Å². The second kappa shape index (κ2) is 4.95. The molecule has 0 aliphatic heterocycles. The summed E-state index contributed by atoms with van der Waals surface area (Å²) >= 11 is 0. The molecule has 0 nitrogen and oxygen atoms in total. The third-order valence-corrected chi connectivity index (χ3v) is 84.2. The quantitative estimate of drug-likeness (QED) is 0.235. The van der Waals surface area contributed by atoms with E-state index in [0.29, 0.717) is 0 Å². The minimum absolute atomic E-state index is 1.10. The van der Waals surface area contributed by atoms with Crippen LogP contribution in [0, 0.1) is 522 Å². The first-order valence-corrected chi connectivity index (χ1v) is 47.8. The molecule has 69 saturated carbocycles. The largest absolute Gasteiger partial charge is 0.0458 e. The van der Waals surface area contributed by atoms with E-state index in [1.165, 1.54) is 284 Å². The van der Waals surface area contributed by atoms with Crippen LogP contribution in [0.3, 0.4) is 0 Å². The molecule has 0 aromatic carbocycles. The van der Waals surface area contributed by atoms with Gasteiger partial charge in [0.25, 0.3) is 0 Å². The third kappa shape index (κ3) is 0.729. The molecule has 0 heteroatoms. The molecule has 44 spiro atoms. The zero-order valence-electron chi connectivity index (χ0n) is 52.5. The van der Waals surface area contributed by atoms with Gasteiger partial charge in [0.15, 0.2) is 0 Å².